The van der Waals surface area contributed by atoms with Crippen molar-refractivity contribution in [2.45, 2.75) is 13.8 Å². The summed E-state index contributed by atoms with van der Waals surface area (Å²) in [5.41, 5.74) is 5.05. The van der Waals surface area contributed by atoms with Gasteiger partial charge in [-0.1, -0.05) is 66.2 Å². The lowest BCUT2D eigenvalue weighted by atomic mass is 10.2. The van der Waals surface area contributed by atoms with E-state index < -0.39 is 0 Å². The number of hydrogen-bond acceptors (Lipinski definition) is 3. The summed E-state index contributed by atoms with van der Waals surface area (Å²) >= 11 is 6.44. The van der Waals surface area contributed by atoms with Gasteiger partial charge in [0.05, 0.1) is 27.8 Å². The summed E-state index contributed by atoms with van der Waals surface area (Å²) in [6, 6.07) is 26.7. The highest BCUT2D eigenvalue weighted by atomic mass is 35.5. The van der Waals surface area contributed by atoms with Crippen LogP contribution in [0.2, 0.25) is 5.02 Å². The van der Waals surface area contributed by atoms with Crippen molar-refractivity contribution in [2.75, 3.05) is 0 Å². The van der Waals surface area contributed by atoms with Crippen LogP contribution in [0, 0.1) is 13.8 Å². The minimum atomic E-state index is -0.212. The fourth-order valence-electron chi connectivity index (χ4n) is 4.05. The van der Waals surface area contributed by atoms with Gasteiger partial charge in [0.1, 0.15) is 0 Å². The molecule has 0 saturated heterocycles. The first-order valence-corrected chi connectivity index (χ1v) is 11.0. The molecule has 0 bridgehead atoms. The summed E-state index contributed by atoms with van der Waals surface area (Å²) in [5, 5.41) is 5.80. The molecule has 5 aromatic rings. The smallest absolute Gasteiger partial charge is 0.282 e. The zero-order valence-corrected chi connectivity index (χ0v) is 19.0. The molecular weight excluding hydrogens is 432 g/mol. The zero-order chi connectivity index (χ0) is 22.9. The minimum absolute atomic E-state index is 0.212. The molecule has 33 heavy (non-hydrogen) atoms. The van der Waals surface area contributed by atoms with Crippen LogP contribution >= 0.6 is 11.6 Å². The van der Waals surface area contributed by atoms with Crippen molar-refractivity contribution in [3.63, 3.8) is 0 Å². The van der Waals surface area contributed by atoms with E-state index in [1.165, 1.54) is 4.68 Å². The Morgan fingerprint density at radius 1 is 0.909 bits per heavy atom. The van der Waals surface area contributed by atoms with Crippen molar-refractivity contribution < 1.29 is 0 Å². The molecule has 0 saturated carbocycles. The maximum atomic E-state index is 13.4. The molecular formula is C27H21ClN4O. The number of benzene rings is 3. The number of hydrogen-bond donors (Lipinski definition) is 0. The molecule has 6 heteroatoms. The second-order valence-corrected chi connectivity index (χ2v) is 8.20. The SMILES string of the molecule is Cc1cc(C=Nn2c(-c3ccccc3)nc3ccccc3c2=O)c(C)n1-c1ccccc1Cl. The van der Waals surface area contributed by atoms with Gasteiger partial charge in [0.15, 0.2) is 5.82 Å². The van der Waals surface area contributed by atoms with Crippen molar-refractivity contribution in [1.29, 1.82) is 0 Å². The average molecular weight is 453 g/mol. The van der Waals surface area contributed by atoms with Gasteiger partial charge in [-0.15, -0.1) is 0 Å². The molecule has 0 aliphatic carbocycles. The molecule has 0 fully saturated rings. The lowest BCUT2D eigenvalue weighted by Crippen LogP contribution is -2.20. The van der Waals surface area contributed by atoms with E-state index >= 15 is 0 Å². The average Bonchev–Trinajstić information content (AvgIpc) is 3.12. The molecule has 0 radical (unpaired) electrons. The van der Waals surface area contributed by atoms with Crippen LogP contribution in [0.5, 0.6) is 0 Å². The van der Waals surface area contributed by atoms with Gasteiger partial charge in [0.25, 0.3) is 5.56 Å². The topological polar surface area (TPSA) is 52.2 Å². The monoisotopic (exact) mass is 452 g/mol. The highest BCUT2D eigenvalue weighted by molar-refractivity contribution is 6.32. The van der Waals surface area contributed by atoms with Crippen molar-refractivity contribution >= 4 is 28.7 Å². The molecule has 0 N–H and O–H groups in total. The summed E-state index contributed by atoms with van der Waals surface area (Å²) in [5.74, 6) is 0.496. The second kappa shape index (κ2) is 8.52. The van der Waals surface area contributed by atoms with Crippen LogP contribution in [0.15, 0.2) is 94.8 Å². The third kappa shape index (κ3) is 3.77. The third-order valence-electron chi connectivity index (χ3n) is 5.66. The van der Waals surface area contributed by atoms with Gasteiger partial charge in [-0.2, -0.15) is 9.78 Å². The predicted octanol–water partition coefficient (Wildman–Crippen LogP) is 6.01. The van der Waals surface area contributed by atoms with Crippen LogP contribution in [0.4, 0.5) is 0 Å². The van der Waals surface area contributed by atoms with E-state index in [0.29, 0.717) is 21.7 Å². The van der Waals surface area contributed by atoms with Gasteiger partial charge >= 0.3 is 0 Å². The minimum Gasteiger partial charge on any atom is -0.316 e. The molecule has 2 aromatic heterocycles. The van der Waals surface area contributed by atoms with Crippen LogP contribution in [0.1, 0.15) is 17.0 Å². The molecule has 0 spiro atoms. The Kier molecular flexibility index (Phi) is 5.40. The summed E-state index contributed by atoms with van der Waals surface area (Å²) in [6.45, 7) is 4.03. The first-order chi connectivity index (χ1) is 16.0. The lowest BCUT2D eigenvalue weighted by Gasteiger charge is -2.11. The normalized spacial score (nSPS) is 11.5. The Morgan fingerprint density at radius 2 is 1.61 bits per heavy atom. The Bertz CT molecular complexity index is 1560. The summed E-state index contributed by atoms with van der Waals surface area (Å²) in [4.78, 5) is 18.1. The number of aromatic nitrogens is 3. The van der Waals surface area contributed by atoms with Gasteiger partial charge < -0.3 is 4.57 Å². The molecule has 2 heterocycles. The molecule has 0 unspecified atom stereocenters. The van der Waals surface area contributed by atoms with E-state index in [4.69, 9.17) is 16.6 Å². The van der Waals surface area contributed by atoms with Crippen LogP contribution in [-0.4, -0.2) is 20.4 Å². The highest BCUT2D eigenvalue weighted by Gasteiger charge is 2.14. The Hall–Kier alpha value is -3.96. The van der Waals surface area contributed by atoms with E-state index in [2.05, 4.69) is 9.67 Å². The largest absolute Gasteiger partial charge is 0.316 e. The van der Waals surface area contributed by atoms with Gasteiger partial charge in [-0.25, -0.2) is 4.98 Å². The standard InChI is InChI=1S/C27H21ClN4O/c1-18-16-21(19(2)31(18)25-15-9-7-13-23(25)28)17-29-32-26(20-10-4-3-5-11-20)30-24-14-8-6-12-22(24)27(32)33/h3-17H,1-2H3. The van der Waals surface area contributed by atoms with Crippen LogP contribution in [0.25, 0.3) is 28.0 Å². The fourth-order valence-corrected chi connectivity index (χ4v) is 4.27. The number of para-hydroxylation sites is 2. The Morgan fingerprint density at radius 3 is 2.39 bits per heavy atom. The summed E-state index contributed by atoms with van der Waals surface area (Å²) in [6.07, 6.45) is 1.71. The number of rotatable bonds is 4. The third-order valence-corrected chi connectivity index (χ3v) is 5.98. The molecule has 5 rings (SSSR count). The van der Waals surface area contributed by atoms with Crippen molar-refractivity contribution in [3.05, 3.63) is 117 Å². The van der Waals surface area contributed by atoms with Crippen molar-refractivity contribution in [3.8, 4) is 17.1 Å². The molecule has 0 aliphatic heterocycles. The van der Waals surface area contributed by atoms with Gasteiger partial charge in [0, 0.05) is 22.5 Å². The summed E-state index contributed by atoms with van der Waals surface area (Å²) in [7, 11) is 0. The van der Waals surface area contributed by atoms with Gasteiger partial charge in [-0.3, -0.25) is 4.79 Å². The van der Waals surface area contributed by atoms with E-state index in [1.54, 1.807) is 12.3 Å². The fraction of sp³-hybridized carbons (Fsp3) is 0.0741. The number of nitrogens with zero attached hydrogens (tertiary/aromatic N) is 4. The van der Waals surface area contributed by atoms with E-state index in [1.807, 2.05) is 92.7 Å². The maximum absolute atomic E-state index is 13.4. The zero-order valence-electron chi connectivity index (χ0n) is 18.2. The van der Waals surface area contributed by atoms with Crippen LogP contribution in [0.3, 0.4) is 0 Å². The molecule has 0 atom stereocenters. The molecule has 0 amide bonds. The first-order valence-electron chi connectivity index (χ1n) is 10.6. The number of fused-ring (bicyclic) bond motifs is 1. The van der Waals surface area contributed by atoms with Crippen LogP contribution < -0.4 is 5.56 Å². The number of halogens is 1. The maximum Gasteiger partial charge on any atom is 0.282 e. The summed E-state index contributed by atoms with van der Waals surface area (Å²) < 4.78 is 3.46. The lowest BCUT2D eigenvalue weighted by molar-refractivity contribution is 0.829. The Balaban J connectivity index is 1.67. The predicted molar refractivity (Wildman–Crippen MR) is 135 cm³/mol. The molecule has 0 aliphatic rings. The van der Waals surface area contributed by atoms with E-state index in [-0.39, 0.29) is 5.56 Å². The van der Waals surface area contributed by atoms with Crippen molar-refractivity contribution in [2.24, 2.45) is 5.10 Å². The first kappa shape index (κ1) is 20.9. The van der Waals surface area contributed by atoms with Gasteiger partial charge in [-0.05, 0) is 44.2 Å². The van der Waals surface area contributed by atoms with E-state index in [0.717, 1.165) is 28.2 Å². The number of aryl methyl sites for hydroxylation is 1. The molecule has 5 nitrogen and oxygen atoms in total. The molecule has 162 valence electrons. The van der Waals surface area contributed by atoms with Crippen molar-refractivity contribution in [1.82, 2.24) is 14.2 Å². The van der Waals surface area contributed by atoms with Gasteiger partial charge in [0.2, 0.25) is 0 Å². The van der Waals surface area contributed by atoms with E-state index in [9.17, 15) is 4.79 Å². The Labute approximate surface area is 196 Å². The quantitative estimate of drug-likeness (QED) is 0.314. The highest BCUT2D eigenvalue weighted by Crippen LogP contribution is 2.26. The second-order valence-electron chi connectivity index (χ2n) is 7.79. The molecule has 3 aromatic carbocycles. The van der Waals surface area contributed by atoms with Crippen LogP contribution in [-0.2, 0) is 0 Å².